The van der Waals surface area contributed by atoms with Crippen molar-refractivity contribution in [2.45, 2.75) is 50.8 Å². The van der Waals surface area contributed by atoms with E-state index >= 15 is 0 Å². The van der Waals surface area contributed by atoms with Gasteiger partial charge in [-0.05, 0) is 26.2 Å². The van der Waals surface area contributed by atoms with Gasteiger partial charge in [0.2, 0.25) is 10.0 Å². The molecule has 1 fully saturated rings. The van der Waals surface area contributed by atoms with E-state index in [2.05, 4.69) is 20.3 Å². The van der Waals surface area contributed by atoms with Crippen molar-refractivity contribution in [1.29, 1.82) is 0 Å². The maximum Gasteiger partial charge on any atom is 0.208 e. The number of hydrogen-bond acceptors (Lipinski definition) is 4. The summed E-state index contributed by atoms with van der Waals surface area (Å²) in [6.07, 6.45) is 5.18. The first-order valence-electron chi connectivity index (χ1n) is 8.22. The second kappa shape index (κ2) is 10.2. The molecule has 1 aliphatic rings. The summed E-state index contributed by atoms with van der Waals surface area (Å²) in [4.78, 5) is 4.39. The first kappa shape index (κ1) is 20.4. The summed E-state index contributed by atoms with van der Waals surface area (Å²) < 4.78 is 36.5. The van der Waals surface area contributed by atoms with Crippen LogP contribution in [0.5, 0.6) is 0 Å². The number of rotatable bonds is 8. The van der Waals surface area contributed by atoms with Crippen LogP contribution in [0.4, 0.5) is 0 Å². The van der Waals surface area contributed by atoms with E-state index in [9.17, 15) is 12.6 Å². The van der Waals surface area contributed by atoms with Gasteiger partial charge < -0.3 is 10.6 Å². The van der Waals surface area contributed by atoms with Gasteiger partial charge in [0.25, 0.3) is 0 Å². The zero-order valence-corrected chi connectivity index (χ0v) is 15.9. The van der Waals surface area contributed by atoms with Gasteiger partial charge in [-0.2, -0.15) is 0 Å². The van der Waals surface area contributed by atoms with Crippen LogP contribution in [-0.4, -0.2) is 61.5 Å². The standard InChI is InChI=1S/C14H30N4O3S2/c1-4-15-14(16-9-10-17-23(3,20)21)18-12-7-6-8-13(11-12)22(19)5-2/h12-13,17H,4-11H2,1-3H3,(H2,15,16,18). The van der Waals surface area contributed by atoms with Gasteiger partial charge >= 0.3 is 0 Å². The molecule has 0 bridgehead atoms. The lowest BCUT2D eigenvalue weighted by molar-refractivity contribution is 0.413. The molecule has 0 radical (unpaired) electrons. The van der Waals surface area contributed by atoms with Crippen LogP contribution in [-0.2, 0) is 20.8 Å². The van der Waals surface area contributed by atoms with Crippen molar-refractivity contribution in [3.05, 3.63) is 0 Å². The van der Waals surface area contributed by atoms with Crippen molar-refractivity contribution in [3.8, 4) is 0 Å². The first-order valence-corrected chi connectivity index (χ1v) is 11.5. The molecule has 3 atom stereocenters. The average molecular weight is 367 g/mol. The van der Waals surface area contributed by atoms with Gasteiger partial charge in [0.1, 0.15) is 0 Å². The number of guanidine groups is 1. The normalized spacial score (nSPS) is 24.2. The number of aliphatic imine (C=N–C) groups is 1. The van der Waals surface area contributed by atoms with Crippen molar-refractivity contribution in [2.24, 2.45) is 4.99 Å². The predicted octanol–water partition coefficient (Wildman–Crippen LogP) is 0.171. The number of nitrogens with one attached hydrogen (secondary N) is 3. The van der Waals surface area contributed by atoms with Crippen LogP contribution in [0.15, 0.2) is 4.99 Å². The highest BCUT2D eigenvalue weighted by molar-refractivity contribution is 7.88. The summed E-state index contributed by atoms with van der Waals surface area (Å²) in [6.45, 7) is 5.35. The topological polar surface area (TPSA) is 99.7 Å². The Balaban J connectivity index is 2.52. The largest absolute Gasteiger partial charge is 0.357 e. The van der Waals surface area contributed by atoms with E-state index in [1.807, 2.05) is 13.8 Å². The SMILES string of the molecule is CCNC(=NCCNS(C)(=O)=O)NC1CCCC(S(=O)CC)C1. The van der Waals surface area contributed by atoms with Crippen LogP contribution in [0.3, 0.4) is 0 Å². The molecule has 1 saturated carbocycles. The Labute approximate surface area is 142 Å². The van der Waals surface area contributed by atoms with Crippen LogP contribution >= 0.6 is 0 Å². The number of hydrogen-bond donors (Lipinski definition) is 3. The third-order valence-corrected chi connectivity index (χ3v) is 6.18. The molecule has 0 aromatic carbocycles. The fraction of sp³-hybridized carbons (Fsp3) is 0.929. The van der Waals surface area contributed by atoms with Gasteiger partial charge in [-0.15, -0.1) is 0 Å². The van der Waals surface area contributed by atoms with Gasteiger partial charge in [-0.25, -0.2) is 13.1 Å². The molecule has 9 heteroatoms. The second-order valence-electron chi connectivity index (χ2n) is 5.73. The van der Waals surface area contributed by atoms with Crippen LogP contribution in [0.25, 0.3) is 0 Å². The van der Waals surface area contributed by atoms with E-state index < -0.39 is 20.8 Å². The molecule has 0 aliphatic heterocycles. The molecule has 136 valence electrons. The number of nitrogens with zero attached hydrogens (tertiary/aromatic N) is 1. The lowest BCUT2D eigenvalue weighted by Crippen LogP contribution is -2.47. The Kier molecular flexibility index (Phi) is 9.08. The van der Waals surface area contributed by atoms with Crippen LogP contribution in [0.2, 0.25) is 0 Å². The molecule has 0 heterocycles. The Hall–Kier alpha value is -0.670. The van der Waals surface area contributed by atoms with E-state index in [-0.39, 0.29) is 17.8 Å². The summed E-state index contributed by atoms with van der Waals surface area (Å²) in [7, 11) is -3.92. The van der Waals surface area contributed by atoms with Crippen LogP contribution < -0.4 is 15.4 Å². The van der Waals surface area contributed by atoms with Gasteiger partial charge in [-0.1, -0.05) is 13.3 Å². The summed E-state index contributed by atoms with van der Waals surface area (Å²) in [5, 5.41) is 6.83. The second-order valence-corrected chi connectivity index (χ2v) is 9.56. The molecule has 0 amide bonds. The Morgan fingerprint density at radius 1 is 1.30 bits per heavy atom. The fourth-order valence-corrected chi connectivity index (χ4v) is 4.47. The van der Waals surface area contributed by atoms with Crippen molar-refractivity contribution < 1.29 is 12.6 Å². The molecule has 0 aromatic heterocycles. The van der Waals surface area contributed by atoms with Crippen LogP contribution in [0.1, 0.15) is 39.5 Å². The highest BCUT2D eigenvalue weighted by atomic mass is 32.2. The van der Waals surface area contributed by atoms with E-state index in [1.54, 1.807) is 0 Å². The van der Waals surface area contributed by atoms with E-state index in [0.717, 1.165) is 38.5 Å². The maximum atomic E-state index is 12.0. The van der Waals surface area contributed by atoms with Gasteiger partial charge in [0.15, 0.2) is 5.96 Å². The van der Waals surface area contributed by atoms with E-state index in [4.69, 9.17) is 0 Å². The fourth-order valence-electron chi connectivity index (χ4n) is 2.66. The highest BCUT2D eigenvalue weighted by Crippen LogP contribution is 2.22. The smallest absolute Gasteiger partial charge is 0.208 e. The minimum absolute atomic E-state index is 0.265. The molecule has 3 N–H and O–H groups in total. The minimum Gasteiger partial charge on any atom is -0.357 e. The molecule has 0 spiro atoms. The summed E-state index contributed by atoms with van der Waals surface area (Å²) in [5.74, 6) is 1.40. The zero-order valence-electron chi connectivity index (χ0n) is 14.3. The predicted molar refractivity (Wildman–Crippen MR) is 96.7 cm³/mol. The molecule has 3 unspecified atom stereocenters. The molecule has 23 heavy (non-hydrogen) atoms. The van der Waals surface area contributed by atoms with Gasteiger partial charge in [0, 0.05) is 40.9 Å². The summed E-state index contributed by atoms with van der Waals surface area (Å²) >= 11 is 0. The molecule has 0 aromatic rings. The van der Waals surface area contributed by atoms with E-state index in [0.29, 0.717) is 18.3 Å². The van der Waals surface area contributed by atoms with Gasteiger partial charge in [0.05, 0.1) is 12.8 Å². The maximum absolute atomic E-state index is 12.0. The van der Waals surface area contributed by atoms with Gasteiger partial charge in [-0.3, -0.25) is 9.20 Å². The quantitative estimate of drug-likeness (QED) is 0.323. The third kappa shape index (κ3) is 8.66. The lowest BCUT2D eigenvalue weighted by Gasteiger charge is -2.30. The van der Waals surface area contributed by atoms with Crippen molar-refractivity contribution >= 4 is 26.8 Å². The highest BCUT2D eigenvalue weighted by Gasteiger charge is 2.25. The lowest BCUT2D eigenvalue weighted by atomic mass is 9.95. The molecule has 7 nitrogen and oxygen atoms in total. The Morgan fingerprint density at radius 2 is 2.04 bits per heavy atom. The summed E-state index contributed by atoms with van der Waals surface area (Å²) in [6, 6.07) is 0.268. The minimum atomic E-state index is -3.18. The number of sulfonamides is 1. The average Bonchev–Trinajstić information content (AvgIpc) is 2.50. The molecular formula is C14H30N4O3S2. The molecule has 1 aliphatic carbocycles. The molecule has 1 rings (SSSR count). The first-order chi connectivity index (χ1) is 10.9. The van der Waals surface area contributed by atoms with Crippen LogP contribution in [0, 0.1) is 0 Å². The van der Waals surface area contributed by atoms with E-state index in [1.165, 1.54) is 0 Å². The third-order valence-electron chi connectivity index (χ3n) is 3.71. The monoisotopic (exact) mass is 366 g/mol. The zero-order chi connectivity index (χ0) is 17.3. The van der Waals surface area contributed by atoms with Crippen molar-refractivity contribution in [3.63, 3.8) is 0 Å². The van der Waals surface area contributed by atoms with Crippen molar-refractivity contribution in [2.75, 3.05) is 31.6 Å². The van der Waals surface area contributed by atoms with Crippen molar-refractivity contribution in [1.82, 2.24) is 15.4 Å². The summed E-state index contributed by atoms with van der Waals surface area (Å²) in [5.41, 5.74) is 0. The molecular weight excluding hydrogens is 336 g/mol. The Bertz CT molecular complexity index is 508. The Morgan fingerprint density at radius 3 is 2.65 bits per heavy atom. The molecule has 0 saturated heterocycles.